The first-order chi connectivity index (χ1) is 10.3. The van der Waals surface area contributed by atoms with Crippen LogP contribution >= 0.6 is 11.8 Å². The van der Waals surface area contributed by atoms with Gasteiger partial charge in [-0.15, -0.1) is 0 Å². The average Bonchev–Trinajstić information content (AvgIpc) is 2.46. The van der Waals surface area contributed by atoms with Crippen molar-refractivity contribution in [3.05, 3.63) is 30.3 Å². The van der Waals surface area contributed by atoms with Gasteiger partial charge in [-0.3, -0.25) is 4.18 Å². The second kappa shape index (κ2) is 7.34. The molecule has 2 unspecified atom stereocenters. The van der Waals surface area contributed by atoms with Crippen LogP contribution < -0.4 is 0 Å². The lowest BCUT2D eigenvalue weighted by atomic mass is 9.83. The maximum Gasteiger partial charge on any atom is 0.264 e. The Bertz CT molecular complexity index is 573. The Morgan fingerprint density at radius 2 is 1.82 bits per heavy atom. The molecule has 1 aromatic carbocycles. The fourth-order valence-corrected chi connectivity index (χ4v) is 4.76. The Balaban J connectivity index is 2.24. The van der Waals surface area contributed by atoms with Crippen LogP contribution in [0.3, 0.4) is 0 Å². The highest BCUT2D eigenvalue weighted by molar-refractivity contribution is 7.99. The molecule has 2 rings (SSSR count). The molecule has 124 valence electrons. The summed E-state index contributed by atoms with van der Waals surface area (Å²) in [4.78, 5) is 1.05. The highest BCUT2D eigenvalue weighted by atomic mass is 32.2. The fraction of sp³-hybridized carbons (Fsp3) is 0.625. The molecule has 0 amide bonds. The number of hydrogen-bond donors (Lipinski definition) is 0. The van der Waals surface area contributed by atoms with E-state index in [0.717, 1.165) is 17.6 Å². The van der Waals surface area contributed by atoms with Gasteiger partial charge in [0.2, 0.25) is 0 Å². The largest absolute Gasteiger partial charge is 0.361 e. The van der Waals surface area contributed by atoms with Gasteiger partial charge in [0.15, 0.2) is 0 Å². The Labute approximate surface area is 137 Å². The van der Waals surface area contributed by atoms with E-state index < -0.39 is 16.2 Å². The van der Waals surface area contributed by atoms with Crippen LogP contribution in [0.1, 0.15) is 27.2 Å². The monoisotopic (exact) mass is 344 g/mol. The zero-order valence-corrected chi connectivity index (χ0v) is 15.1. The summed E-state index contributed by atoms with van der Waals surface area (Å²) in [5.41, 5.74) is -0.326. The molecule has 1 aliphatic heterocycles. The van der Waals surface area contributed by atoms with Crippen molar-refractivity contribution in [2.45, 2.75) is 49.7 Å². The van der Waals surface area contributed by atoms with Crippen molar-refractivity contribution in [2.24, 2.45) is 11.8 Å². The van der Waals surface area contributed by atoms with E-state index in [1.165, 1.54) is 11.8 Å². The molecule has 0 N–H and O–H groups in total. The van der Waals surface area contributed by atoms with Gasteiger partial charge in [0.05, 0.1) is 12.4 Å². The van der Waals surface area contributed by atoms with Crippen LogP contribution in [0.5, 0.6) is 0 Å². The highest BCUT2D eigenvalue weighted by Crippen LogP contribution is 2.41. The minimum Gasteiger partial charge on any atom is -0.361 e. The van der Waals surface area contributed by atoms with Gasteiger partial charge in [-0.1, -0.05) is 50.7 Å². The standard InChI is InChI=1S/C16H24O4S2/c1-5-14-11(2)12(3)15(20-22(4,17)18)16(19-14)21-13-9-7-6-8-10-13/h6-12,14-16H,5H2,1-4H3/t11-,12+,14?,15?,16-/m1/s1. The lowest BCUT2D eigenvalue weighted by molar-refractivity contribution is -0.122. The summed E-state index contributed by atoms with van der Waals surface area (Å²) in [5, 5.41) is 0. The van der Waals surface area contributed by atoms with Gasteiger partial charge in [-0.2, -0.15) is 8.42 Å². The van der Waals surface area contributed by atoms with Crippen LogP contribution in [0.15, 0.2) is 35.2 Å². The van der Waals surface area contributed by atoms with E-state index >= 15 is 0 Å². The van der Waals surface area contributed by atoms with E-state index in [9.17, 15) is 8.42 Å². The molecule has 0 bridgehead atoms. The van der Waals surface area contributed by atoms with Gasteiger partial charge < -0.3 is 4.74 Å². The van der Waals surface area contributed by atoms with Crippen molar-refractivity contribution in [3.63, 3.8) is 0 Å². The van der Waals surface area contributed by atoms with E-state index in [4.69, 9.17) is 8.92 Å². The lowest BCUT2D eigenvalue weighted by Crippen LogP contribution is -2.49. The van der Waals surface area contributed by atoms with Gasteiger partial charge in [0.1, 0.15) is 11.5 Å². The Morgan fingerprint density at radius 1 is 1.18 bits per heavy atom. The van der Waals surface area contributed by atoms with E-state index in [2.05, 4.69) is 13.8 Å². The quantitative estimate of drug-likeness (QED) is 0.765. The molecule has 0 aliphatic carbocycles. The molecule has 1 aliphatic rings. The number of thioether (sulfide) groups is 1. The van der Waals surface area contributed by atoms with Gasteiger partial charge >= 0.3 is 0 Å². The van der Waals surface area contributed by atoms with Crippen molar-refractivity contribution in [1.29, 1.82) is 0 Å². The molecule has 1 heterocycles. The zero-order chi connectivity index (χ0) is 16.3. The van der Waals surface area contributed by atoms with Gasteiger partial charge in [0, 0.05) is 4.90 Å². The van der Waals surface area contributed by atoms with E-state index in [1.54, 1.807) is 0 Å². The maximum atomic E-state index is 11.6. The molecule has 1 aromatic rings. The lowest BCUT2D eigenvalue weighted by Gasteiger charge is -2.43. The van der Waals surface area contributed by atoms with Crippen LogP contribution in [0, 0.1) is 11.8 Å². The third-order valence-electron chi connectivity index (χ3n) is 4.19. The van der Waals surface area contributed by atoms with Crippen LogP contribution in [-0.2, 0) is 19.0 Å². The molecule has 0 spiro atoms. The normalized spacial score (nSPS) is 32.8. The van der Waals surface area contributed by atoms with Crippen molar-refractivity contribution in [3.8, 4) is 0 Å². The fourth-order valence-electron chi connectivity index (χ4n) is 2.79. The van der Waals surface area contributed by atoms with Crippen molar-refractivity contribution < 1.29 is 17.3 Å². The summed E-state index contributed by atoms with van der Waals surface area (Å²) in [6, 6.07) is 9.86. The SMILES string of the molecule is CCC1O[C@H](Sc2ccccc2)C(OS(C)(=O)=O)[C@@H](C)[C@H]1C. The summed E-state index contributed by atoms with van der Waals surface area (Å²) in [5.74, 6) is 0.360. The highest BCUT2D eigenvalue weighted by Gasteiger charge is 2.43. The average molecular weight is 344 g/mol. The van der Waals surface area contributed by atoms with Crippen molar-refractivity contribution >= 4 is 21.9 Å². The first-order valence-electron chi connectivity index (χ1n) is 7.57. The molecule has 5 atom stereocenters. The van der Waals surface area contributed by atoms with E-state index in [1.807, 2.05) is 37.3 Å². The van der Waals surface area contributed by atoms with Crippen LogP contribution in [0.4, 0.5) is 0 Å². The Hall–Kier alpha value is -0.560. The third kappa shape index (κ3) is 4.47. The summed E-state index contributed by atoms with van der Waals surface area (Å²) in [7, 11) is -3.52. The van der Waals surface area contributed by atoms with E-state index in [0.29, 0.717) is 0 Å². The van der Waals surface area contributed by atoms with Crippen molar-refractivity contribution in [1.82, 2.24) is 0 Å². The zero-order valence-electron chi connectivity index (χ0n) is 13.4. The summed E-state index contributed by atoms with van der Waals surface area (Å²) >= 11 is 1.53. The number of ether oxygens (including phenoxy) is 1. The van der Waals surface area contributed by atoms with Crippen LogP contribution in [0.25, 0.3) is 0 Å². The minimum absolute atomic E-state index is 0.106. The van der Waals surface area contributed by atoms with Gasteiger partial charge in [-0.25, -0.2) is 0 Å². The Morgan fingerprint density at radius 3 is 2.36 bits per heavy atom. The second-order valence-corrected chi connectivity index (χ2v) is 8.64. The molecular formula is C16H24O4S2. The molecule has 1 saturated heterocycles. The first-order valence-corrected chi connectivity index (χ1v) is 10.3. The molecule has 0 saturated carbocycles. The predicted octanol–water partition coefficient (Wildman–Crippen LogP) is 3.53. The molecule has 1 fully saturated rings. The molecular weight excluding hydrogens is 320 g/mol. The predicted molar refractivity (Wildman–Crippen MR) is 89.3 cm³/mol. The molecule has 0 aromatic heterocycles. The Kier molecular flexibility index (Phi) is 5.94. The summed E-state index contributed by atoms with van der Waals surface area (Å²) in [6.07, 6.45) is 1.65. The summed E-state index contributed by atoms with van der Waals surface area (Å²) < 4.78 is 34.7. The molecule has 6 heteroatoms. The number of benzene rings is 1. The minimum atomic E-state index is -3.52. The number of hydrogen-bond acceptors (Lipinski definition) is 5. The van der Waals surface area contributed by atoms with Gasteiger partial charge in [-0.05, 0) is 30.4 Å². The molecule has 0 radical (unpaired) electrons. The molecule has 22 heavy (non-hydrogen) atoms. The maximum absolute atomic E-state index is 11.6. The topological polar surface area (TPSA) is 52.6 Å². The number of rotatable bonds is 5. The first kappa shape index (κ1) is 17.8. The van der Waals surface area contributed by atoms with Crippen LogP contribution in [-0.4, -0.2) is 32.3 Å². The van der Waals surface area contributed by atoms with E-state index in [-0.39, 0.29) is 23.4 Å². The second-order valence-electron chi connectivity index (χ2n) is 5.87. The molecule has 4 nitrogen and oxygen atoms in total. The van der Waals surface area contributed by atoms with Gasteiger partial charge in [0.25, 0.3) is 10.1 Å². The van der Waals surface area contributed by atoms with Crippen LogP contribution in [0.2, 0.25) is 0 Å². The summed E-state index contributed by atoms with van der Waals surface area (Å²) in [6.45, 7) is 6.24. The smallest absolute Gasteiger partial charge is 0.264 e. The van der Waals surface area contributed by atoms with Crippen molar-refractivity contribution in [2.75, 3.05) is 6.26 Å². The third-order valence-corrected chi connectivity index (χ3v) is 5.92.